The van der Waals surface area contributed by atoms with E-state index in [2.05, 4.69) is 10.4 Å². The first-order chi connectivity index (χ1) is 16.4. The molecule has 1 fully saturated rings. The van der Waals surface area contributed by atoms with Crippen molar-refractivity contribution < 1.29 is 14.0 Å². The number of halogens is 1. The first-order valence-corrected chi connectivity index (χ1v) is 12.3. The lowest BCUT2D eigenvalue weighted by atomic mass is 9.93. The monoisotopic (exact) mass is 480 g/mol. The van der Waals surface area contributed by atoms with Gasteiger partial charge in [0, 0.05) is 23.7 Å². The van der Waals surface area contributed by atoms with Crippen LogP contribution < -0.4 is 5.32 Å². The molecule has 2 amide bonds. The summed E-state index contributed by atoms with van der Waals surface area (Å²) in [5.74, 6) is 0.219. The van der Waals surface area contributed by atoms with Crippen LogP contribution in [0.25, 0.3) is 11.5 Å². The summed E-state index contributed by atoms with van der Waals surface area (Å²) in [5.41, 5.74) is 0.835. The van der Waals surface area contributed by atoms with E-state index in [4.69, 9.17) is 16.0 Å². The molecule has 2 aliphatic rings. The van der Waals surface area contributed by atoms with E-state index >= 15 is 0 Å². The molecule has 3 heterocycles. The number of furan rings is 1. The molecule has 178 valence electrons. The Labute approximate surface area is 204 Å². The molecule has 0 spiro atoms. The number of benzene rings is 1. The highest BCUT2D eigenvalue weighted by Gasteiger charge is 2.48. The van der Waals surface area contributed by atoms with Crippen molar-refractivity contribution in [2.45, 2.75) is 70.1 Å². The minimum Gasteiger partial charge on any atom is -0.463 e. The van der Waals surface area contributed by atoms with Crippen LogP contribution in [-0.2, 0) is 17.9 Å². The molecule has 1 aliphatic heterocycles. The largest absolute Gasteiger partial charge is 0.463 e. The summed E-state index contributed by atoms with van der Waals surface area (Å²) >= 11 is 6.06. The van der Waals surface area contributed by atoms with Gasteiger partial charge in [-0.1, -0.05) is 49.4 Å². The van der Waals surface area contributed by atoms with E-state index in [0.717, 1.165) is 31.2 Å². The summed E-state index contributed by atoms with van der Waals surface area (Å²) in [6, 6.07) is 12.8. The van der Waals surface area contributed by atoms with Crippen molar-refractivity contribution in [3.8, 4) is 11.5 Å². The Kier molecular flexibility index (Phi) is 6.21. The number of carbonyl (C=O) groups excluding carboxylic acids is 2. The van der Waals surface area contributed by atoms with Crippen LogP contribution in [0.5, 0.6) is 0 Å². The highest BCUT2D eigenvalue weighted by molar-refractivity contribution is 6.30. The molecule has 5 rings (SSSR count). The summed E-state index contributed by atoms with van der Waals surface area (Å²) in [6.07, 6.45) is 8.17. The zero-order valence-corrected chi connectivity index (χ0v) is 20.1. The molecule has 1 saturated carbocycles. The number of aromatic nitrogens is 2. The average molecular weight is 481 g/mol. The number of nitrogens with zero attached hydrogens (tertiary/aromatic N) is 3. The lowest BCUT2D eigenvalue weighted by Crippen LogP contribution is -2.64. The smallest absolute Gasteiger partial charge is 0.273 e. The number of fused-ring (bicyclic) bond motifs is 1. The van der Waals surface area contributed by atoms with Crippen molar-refractivity contribution in [3.05, 3.63) is 65.0 Å². The summed E-state index contributed by atoms with van der Waals surface area (Å²) in [6.45, 7) is 2.40. The summed E-state index contributed by atoms with van der Waals surface area (Å²) in [7, 11) is 0. The van der Waals surface area contributed by atoms with E-state index in [1.165, 1.54) is 12.8 Å². The molecule has 0 bridgehead atoms. The second-order valence-electron chi connectivity index (χ2n) is 9.50. The molecule has 1 N–H and O–H groups in total. The zero-order valence-electron chi connectivity index (χ0n) is 19.3. The van der Waals surface area contributed by atoms with Crippen LogP contribution in [0.1, 0.15) is 61.5 Å². The van der Waals surface area contributed by atoms with Crippen molar-refractivity contribution in [2.24, 2.45) is 0 Å². The lowest BCUT2D eigenvalue weighted by Gasteiger charge is -2.44. The van der Waals surface area contributed by atoms with E-state index in [-0.39, 0.29) is 24.4 Å². The summed E-state index contributed by atoms with van der Waals surface area (Å²) in [4.78, 5) is 29.2. The molecule has 34 heavy (non-hydrogen) atoms. The highest BCUT2D eigenvalue weighted by atomic mass is 35.5. The van der Waals surface area contributed by atoms with E-state index in [0.29, 0.717) is 28.7 Å². The fourth-order valence-electron chi connectivity index (χ4n) is 4.97. The van der Waals surface area contributed by atoms with Crippen molar-refractivity contribution in [2.75, 3.05) is 0 Å². The van der Waals surface area contributed by atoms with Crippen LogP contribution in [0.2, 0.25) is 5.02 Å². The third kappa shape index (κ3) is 4.37. The Bertz CT molecular complexity index is 1160. The third-order valence-corrected chi connectivity index (χ3v) is 7.26. The number of carbonyl (C=O) groups is 2. The van der Waals surface area contributed by atoms with Gasteiger partial charge in [-0.2, -0.15) is 5.10 Å². The van der Waals surface area contributed by atoms with Crippen molar-refractivity contribution >= 4 is 23.4 Å². The maximum Gasteiger partial charge on any atom is 0.273 e. The van der Waals surface area contributed by atoms with E-state index in [1.807, 2.05) is 25.1 Å². The topological polar surface area (TPSA) is 80.4 Å². The van der Waals surface area contributed by atoms with Crippen LogP contribution >= 0.6 is 11.6 Å². The van der Waals surface area contributed by atoms with Gasteiger partial charge in [0.25, 0.3) is 5.91 Å². The Hall–Kier alpha value is -3.06. The normalized spacial score (nSPS) is 21.2. The fourth-order valence-corrected chi connectivity index (χ4v) is 5.10. The molecular formula is C26H29ClN4O3. The second-order valence-corrected chi connectivity index (χ2v) is 9.94. The van der Waals surface area contributed by atoms with Gasteiger partial charge in [-0.05, 0) is 49.6 Å². The molecule has 3 aromatic rings. The molecule has 8 heteroatoms. The Morgan fingerprint density at radius 3 is 2.59 bits per heavy atom. The molecule has 1 aliphatic carbocycles. The predicted molar refractivity (Wildman–Crippen MR) is 129 cm³/mol. The maximum absolute atomic E-state index is 13.8. The van der Waals surface area contributed by atoms with Gasteiger partial charge < -0.3 is 14.6 Å². The molecule has 1 atom stereocenters. The lowest BCUT2D eigenvalue weighted by molar-refractivity contribution is -0.134. The Morgan fingerprint density at radius 2 is 1.91 bits per heavy atom. The van der Waals surface area contributed by atoms with Crippen LogP contribution in [0.4, 0.5) is 0 Å². The zero-order chi connectivity index (χ0) is 23.7. The summed E-state index contributed by atoms with van der Waals surface area (Å²) < 4.78 is 7.13. The molecule has 0 saturated heterocycles. The van der Waals surface area contributed by atoms with Gasteiger partial charge in [0.05, 0.1) is 12.8 Å². The molecule has 1 aromatic carbocycles. The van der Waals surface area contributed by atoms with Crippen LogP contribution in [0.15, 0.2) is 53.1 Å². The van der Waals surface area contributed by atoms with E-state index < -0.39 is 5.54 Å². The molecule has 0 radical (unpaired) electrons. The number of amides is 2. The first kappa shape index (κ1) is 22.7. The molecule has 2 aromatic heterocycles. The second kappa shape index (κ2) is 9.29. The van der Waals surface area contributed by atoms with Gasteiger partial charge >= 0.3 is 0 Å². The number of nitrogens with one attached hydrogen (secondary N) is 1. The van der Waals surface area contributed by atoms with Crippen molar-refractivity contribution in [1.29, 1.82) is 0 Å². The third-order valence-electron chi connectivity index (χ3n) is 7.00. The Morgan fingerprint density at radius 1 is 1.18 bits per heavy atom. The van der Waals surface area contributed by atoms with Gasteiger partial charge in [0.15, 0.2) is 5.76 Å². The fraction of sp³-hybridized carbons (Fsp3) is 0.423. The molecular weight excluding hydrogens is 452 g/mol. The van der Waals surface area contributed by atoms with E-state index in [9.17, 15) is 9.59 Å². The number of rotatable bonds is 5. The highest BCUT2D eigenvalue weighted by Crippen LogP contribution is 2.32. The van der Waals surface area contributed by atoms with Gasteiger partial charge in [-0.25, -0.2) is 0 Å². The van der Waals surface area contributed by atoms with Gasteiger partial charge in [0.1, 0.15) is 16.9 Å². The van der Waals surface area contributed by atoms with Crippen LogP contribution in [0, 0.1) is 0 Å². The first-order valence-electron chi connectivity index (χ1n) is 11.9. The Balaban J connectivity index is 1.49. The standard InChI is InChI=1S/C26H29ClN4O3/c1-26(25(33)28-20-7-4-2-3-5-8-20)17-31-22(15-21(29-31)23-9-6-14-34-23)24(32)30(26)16-18-10-12-19(27)13-11-18/h6,9-15,20H,2-5,7-8,16-17H2,1H3,(H,28,33). The SMILES string of the molecule is CC1(C(=O)NC2CCCCCC2)Cn2nc(-c3ccco3)cc2C(=O)N1Cc1ccc(Cl)cc1. The van der Waals surface area contributed by atoms with Gasteiger partial charge in [-0.3, -0.25) is 14.3 Å². The minimum atomic E-state index is -1.09. The van der Waals surface area contributed by atoms with Crippen LogP contribution in [-0.4, -0.2) is 38.1 Å². The van der Waals surface area contributed by atoms with Gasteiger partial charge in [0.2, 0.25) is 5.91 Å². The summed E-state index contributed by atoms with van der Waals surface area (Å²) in [5, 5.41) is 8.51. The molecule has 1 unspecified atom stereocenters. The average Bonchev–Trinajstić information content (AvgIpc) is 3.43. The quantitative estimate of drug-likeness (QED) is 0.518. The number of hydrogen-bond donors (Lipinski definition) is 1. The minimum absolute atomic E-state index is 0.136. The maximum atomic E-state index is 13.8. The van der Waals surface area contributed by atoms with Crippen LogP contribution in [0.3, 0.4) is 0 Å². The number of hydrogen-bond acceptors (Lipinski definition) is 4. The van der Waals surface area contributed by atoms with Crippen molar-refractivity contribution in [1.82, 2.24) is 20.0 Å². The van der Waals surface area contributed by atoms with E-state index in [1.54, 1.807) is 40.1 Å². The predicted octanol–water partition coefficient (Wildman–Crippen LogP) is 5.05. The molecule has 7 nitrogen and oxygen atoms in total. The van der Waals surface area contributed by atoms with Crippen molar-refractivity contribution in [3.63, 3.8) is 0 Å². The van der Waals surface area contributed by atoms with Gasteiger partial charge in [-0.15, -0.1) is 0 Å².